The number of aromatic nitrogens is 2. The first kappa shape index (κ1) is 13.4. The monoisotopic (exact) mass is 243 g/mol. The van der Waals surface area contributed by atoms with Gasteiger partial charge in [0, 0.05) is 13.9 Å². The van der Waals surface area contributed by atoms with Gasteiger partial charge in [-0.15, -0.1) is 0 Å². The smallest absolute Gasteiger partial charge is 0.255 e. The summed E-state index contributed by atoms with van der Waals surface area (Å²) in [5.74, 6) is 0.508. The molecule has 0 saturated carbocycles. The Kier molecular flexibility index (Phi) is 4.87. The Balaban J connectivity index is 0.000000917. The normalized spacial score (nSPS) is 10.2. The molecule has 0 radical (unpaired) electrons. The number of hydrogen-bond acceptors (Lipinski definition) is 2. The van der Waals surface area contributed by atoms with E-state index in [0.717, 1.165) is 10.9 Å². The van der Waals surface area contributed by atoms with Crippen LogP contribution in [0.1, 0.15) is 15.3 Å². The summed E-state index contributed by atoms with van der Waals surface area (Å²) < 4.78 is 25.7. The Morgan fingerprint density at radius 1 is 1.35 bits per heavy atom. The Bertz CT molecular complexity index is 471. The van der Waals surface area contributed by atoms with Crippen LogP contribution in [0.3, 0.4) is 0 Å². The third-order valence-corrected chi connectivity index (χ3v) is 2.18. The lowest BCUT2D eigenvalue weighted by Crippen LogP contribution is -2.10. The molecule has 0 spiro atoms. The molecule has 0 bridgehead atoms. The molecule has 17 heavy (non-hydrogen) atoms. The van der Waals surface area contributed by atoms with Gasteiger partial charge in [-0.2, -0.15) is 5.10 Å². The van der Waals surface area contributed by atoms with Gasteiger partial charge in [0.2, 0.25) is 0 Å². The van der Waals surface area contributed by atoms with Gasteiger partial charge in [-0.3, -0.25) is 4.68 Å². The van der Waals surface area contributed by atoms with E-state index < -0.39 is 6.43 Å². The zero-order valence-electron chi connectivity index (χ0n) is 10.2. The van der Waals surface area contributed by atoms with Crippen LogP contribution in [0.2, 0.25) is 0 Å². The molecular weight excluding hydrogens is 224 g/mol. The number of hydrogen-bond donors (Lipinski definition) is 1. The number of anilines is 1. The van der Waals surface area contributed by atoms with E-state index in [4.69, 9.17) is 0 Å². The van der Waals surface area contributed by atoms with Crippen molar-refractivity contribution in [2.45, 2.75) is 20.3 Å². The number of nitrogens with zero attached hydrogens (tertiary/aromatic N) is 2. The Morgan fingerprint density at radius 2 is 2.00 bits per heavy atom. The van der Waals surface area contributed by atoms with Crippen LogP contribution < -0.4 is 5.32 Å². The van der Waals surface area contributed by atoms with E-state index in [1.807, 2.05) is 38.1 Å². The number of benzene rings is 1. The summed E-state index contributed by atoms with van der Waals surface area (Å²) in [5.41, 5.74) is 0.925. The minimum absolute atomic E-state index is 0. The highest BCUT2D eigenvalue weighted by Crippen LogP contribution is 2.21. The standard InChI is InChI=1S/C10H11F2N3.C2H6.H2/c1-15-8-5-3-2-4-7(8)10(14-15)13-6-9(11)12;1-2;/h2-5,9H,6H2,1H3,(H,13,14);1-2H3;1H. The number of para-hydroxylation sites is 1. The van der Waals surface area contributed by atoms with Crippen molar-refractivity contribution in [3.8, 4) is 0 Å². The summed E-state index contributed by atoms with van der Waals surface area (Å²) in [6, 6.07) is 7.50. The van der Waals surface area contributed by atoms with E-state index in [2.05, 4.69) is 10.4 Å². The Labute approximate surface area is 101 Å². The van der Waals surface area contributed by atoms with Gasteiger partial charge in [-0.25, -0.2) is 8.78 Å². The van der Waals surface area contributed by atoms with Crippen LogP contribution in [0.15, 0.2) is 24.3 Å². The summed E-state index contributed by atoms with van der Waals surface area (Å²) in [4.78, 5) is 0. The second kappa shape index (κ2) is 6.18. The highest BCUT2D eigenvalue weighted by molar-refractivity contribution is 5.90. The fourth-order valence-electron chi connectivity index (χ4n) is 1.52. The zero-order valence-corrected chi connectivity index (χ0v) is 10.2. The molecule has 1 N–H and O–H groups in total. The summed E-state index contributed by atoms with van der Waals surface area (Å²) in [6.45, 7) is 3.63. The number of halogens is 2. The summed E-state index contributed by atoms with van der Waals surface area (Å²) >= 11 is 0. The van der Waals surface area contributed by atoms with Crippen molar-refractivity contribution >= 4 is 16.7 Å². The molecule has 96 valence electrons. The lowest BCUT2D eigenvalue weighted by atomic mass is 10.2. The molecule has 0 atom stereocenters. The average molecular weight is 243 g/mol. The number of rotatable bonds is 3. The molecule has 0 unspecified atom stereocenters. The van der Waals surface area contributed by atoms with Gasteiger partial charge in [0.25, 0.3) is 6.43 Å². The van der Waals surface area contributed by atoms with Crippen LogP contribution in [0.25, 0.3) is 10.9 Å². The van der Waals surface area contributed by atoms with Crippen molar-refractivity contribution in [1.29, 1.82) is 0 Å². The van der Waals surface area contributed by atoms with Crippen LogP contribution >= 0.6 is 0 Å². The van der Waals surface area contributed by atoms with Crippen molar-refractivity contribution in [3.63, 3.8) is 0 Å². The lowest BCUT2D eigenvalue weighted by Gasteiger charge is -2.01. The molecule has 0 aliphatic heterocycles. The second-order valence-corrected chi connectivity index (χ2v) is 3.26. The number of nitrogens with one attached hydrogen (secondary N) is 1. The minimum Gasteiger partial charge on any atom is -0.362 e. The lowest BCUT2D eigenvalue weighted by molar-refractivity contribution is 0.163. The summed E-state index contributed by atoms with van der Waals surface area (Å²) in [5, 5.41) is 7.62. The summed E-state index contributed by atoms with van der Waals surface area (Å²) in [7, 11) is 1.79. The van der Waals surface area contributed by atoms with E-state index >= 15 is 0 Å². The predicted octanol–water partition coefficient (Wildman–Crippen LogP) is 3.52. The minimum atomic E-state index is -2.37. The van der Waals surface area contributed by atoms with E-state index in [0.29, 0.717) is 5.82 Å². The van der Waals surface area contributed by atoms with Gasteiger partial charge < -0.3 is 5.32 Å². The van der Waals surface area contributed by atoms with Crippen LogP contribution in [-0.2, 0) is 7.05 Å². The SMILES string of the molecule is CC.Cn1nc(NCC(F)F)c2ccccc21.[HH]. The van der Waals surface area contributed by atoms with Gasteiger partial charge in [0.1, 0.15) is 0 Å². The topological polar surface area (TPSA) is 29.9 Å². The van der Waals surface area contributed by atoms with Crippen molar-refractivity contribution in [1.82, 2.24) is 9.78 Å². The molecule has 1 aromatic heterocycles. The molecule has 2 rings (SSSR count). The molecule has 1 heterocycles. The van der Waals surface area contributed by atoms with Gasteiger partial charge in [-0.05, 0) is 12.1 Å². The highest BCUT2D eigenvalue weighted by atomic mass is 19.3. The molecular formula is C12H19F2N3. The first-order valence-corrected chi connectivity index (χ1v) is 5.62. The van der Waals surface area contributed by atoms with Gasteiger partial charge >= 0.3 is 0 Å². The highest BCUT2D eigenvalue weighted by Gasteiger charge is 2.09. The molecule has 0 fully saturated rings. The fraction of sp³-hybridized carbons (Fsp3) is 0.417. The molecule has 2 aromatic rings. The number of fused-ring (bicyclic) bond motifs is 1. The number of aryl methyl sites for hydroxylation is 1. The zero-order chi connectivity index (χ0) is 12.8. The third kappa shape index (κ3) is 3.15. The Morgan fingerprint density at radius 3 is 2.65 bits per heavy atom. The van der Waals surface area contributed by atoms with Crippen molar-refractivity contribution in [2.75, 3.05) is 11.9 Å². The number of alkyl halides is 2. The van der Waals surface area contributed by atoms with Crippen molar-refractivity contribution in [3.05, 3.63) is 24.3 Å². The first-order chi connectivity index (χ1) is 8.18. The van der Waals surface area contributed by atoms with E-state index in [1.54, 1.807) is 11.7 Å². The predicted molar refractivity (Wildman–Crippen MR) is 68.7 cm³/mol. The fourth-order valence-corrected chi connectivity index (χ4v) is 1.52. The molecule has 1 aromatic carbocycles. The summed E-state index contributed by atoms with van der Waals surface area (Å²) in [6.07, 6.45) is -2.37. The van der Waals surface area contributed by atoms with Crippen LogP contribution in [0.5, 0.6) is 0 Å². The third-order valence-electron chi connectivity index (χ3n) is 2.18. The maximum Gasteiger partial charge on any atom is 0.255 e. The van der Waals surface area contributed by atoms with Gasteiger partial charge in [0.05, 0.1) is 12.1 Å². The molecule has 0 saturated heterocycles. The second-order valence-electron chi connectivity index (χ2n) is 3.26. The first-order valence-electron chi connectivity index (χ1n) is 5.62. The average Bonchev–Trinajstić information content (AvgIpc) is 2.67. The van der Waals surface area contributed by atoms with Gasteiger partial charge in [0.15, 0.2) is 5.82 Å². The van der Waals surface area contributed by atoms with Crippen molar-refractivity contribution in [2.24, 2.45) is 7.05 Å². The molecule has 0 aliphatic rings. The largest absolute Gasteiger partial charge is 0.362 e. The molecule has 3 nitrogen and oxygen atoms in total. The van der Waals surface area contributed by atoms with Crippen LogP contribution in [0, 0.1) is 0 Å². The van der Waals surface area contributed by atoms with E-state index in [9.17, 15) is 8.78 Å². The Hall–Kier alpha value is -1.65. The maximum absolute atomic E-state index is 12.0. The molecule has 0 amide bonds. The van der Waals surface area contributed by atoms with Crippen LogP contribution in [-0.4, -0.2) is 22.8 Å². The van der Waals surface area contributed by atoms with Crippen molar-refractivity contribution < 1.29 is 10.2 Å². The van der Waals surface area contributed by atoms with E-state index in [-0.39, 0.29) is 7.97 Å². The molecule has 5 heteroatoms. The van der Waals surface area contributed by atoms with Crippen LogP contribution in [0.4, 0.5) is 14.6 Å². The maximum atomic E-state index is 12.0. The van der Waals surface area contributed by atoms with Gasteiger partial charge in [-0.1, -0.05) is 26.0 Å². The quantitative estimate of drug-likeness (QED) is 0.893. The molecule has 0 aliphatic carbocycles. The van der Waals surface area contributed by atoms with E-state index in [1.165, 1.54) is 0 Å².